The van der Waals surface area contributed by atoms with E-state index in [0.29, 0.717) is 6.42 Å². The van der Waals surface area contributed by atoms with Crippen molar-refractivity contribution in [1.29, 1.82) is 0 Å². The van der Waals surface area contributed by atoms with Crippen LogP contribution in [0.15, 0.2) is 12.2 Å². The predicted molar refractivity (Wildman–Crippen MR) is 138 cm³/mol. The van der Waals surface area contributed by atoms with E-state index in [-0.39, 0.29) is 0 Å². The maximum absolute atomic E-state index is 11.6. The highest BCUT2D eigenvalue weighted by Crippen LogP contribution is 2.22. The van der Waals surface area contributed by atoms with Gasteiger partial charge in [-0.1, -0.05) is 96.1 Å². The Bertz CT molecular complexity index is 602. The van der Waals surface area contributed by atoms with E-state index >= 15 is 0 Å². The summed E-state index contributed by atoms with van der Waals surface area (Å²) in [6, 6.07) is -0.942. The van der Waals surface area contributed by atoms with Crippen molar-refractivity contribution in [2.45, 2.75) is 146 Å². The topological polar surface area (TPSA) is 160 Å². The highest BCUT2D eigenvalue weighted by atomic mass is 16.5. The molecule has 1 fully saturated rings. The molecule has 0 radical (unpaired) electrons. The monoisotopic (exact) mass is 517 g/mol. The number of aliphatic hydroxyl groups is 6. The number of amides is 1. The minimum atomic E-state index is -1.52. The van der Waals surface area contributed by atoms with Gasteiger partial charge in [0, 0.05) is 6.92 Å². The molecule has 9 heteroatoms. The van der Waals surface area contributed by atoms with Crippen LogP contribution in [0.5, 0.6) is 0 Å². The fourth-order valence-electron chi connectivity index (χ4n) is 4.61. The molecule has 9 nitrogen and oxygen atoms in total. The van der Waals surface area contributed by atoms with Crippen LogP contribution in [-0.2, 0) is 9.53 Å². The van der Waals surface area contributed by atoms with Crippen molar-refractivity contribution >= 4 is 5.91 Å². The Morgan fingerprint density at radius 1 is 0.861 bits per heavy atom. The smallest absolute Gasteiger partial charge is 0.217 e. The van der Waals surface area contributed by atoms with E-state index in [1.54, 1.807) is 0 Å². The summed E-state index contributed by atoms with van der Waals surface area (Å²) in [7, 11) is 0. The first kappa shape index (κ1) is 33.0. The molecule has 0 saturated carbocycles. The first-order valence-corrected chi connectivity index (χ1v) is 13.8. The summed E-state index contributed by atoms with van der Waals surface area (Å²) in [6.07, 6.45) is 8.63. The largest absolute Gasteiger partial charge is 0.394 e. The minimum absolute atomic E-state index is 0.391. The highest BCUT2D eigenvalue weighted by molar-refractivity contribution is 5.73. The SMILES string of the molecule is CCCCCCCCCCCCCC[C@H](O)[C@@H](O)[C@H](/C=C/[C@@H]1OC(CO)[C@H](O)[C@H](O)C1O)NC(C)=O. The number of aliphatic hydroxyl groups excluding tert-OH is 6. The van der Waals surface area contributed by atoms with E-state index < -0.39 is 61.3 Å². The van der Waals surface area contributed by atoms with Gasteiger partial charge in [0.05, 0.1) is 18.8 Å². The molecule has 8 atom stereocenters. The maximum atomic E-state index is 11.6. The van der Waals surface area contributed by atoms with Gasteiger partial charge in [-0.15, -0.1) is 0 Å². The summed E-state index contributed by atoms with van der Waals surface area (Å²) in [4.78, 5) is 11.6. The number of ether oxygens (including phenoxy) is 1. The number of carbonyl (C=O) groups is 1. The van der Waals surface area contributed by atoms with Crippen molar-refractivity contribution in [2.75, 3.05) is 6.61 Å². The molecule has 0 spiro atoms. The standard InChI is InChI=1S/C27H51NO8/c1-3-4-5-6-7-8-9-10-11-12-13-14-15-21(31)24(32)20(28-19(2)30)16-17-22-25(33)27(35)26(34)23(18-29)36-22/h16-17,20-27,29,31-35H,3-15,18H2,1-2H3,(H,28,30)/b17-16+/t20-,21-,22-,23?,24-,25?,26-,27+/m0/s1. The molecular weight excluding hydrogens is 466 g/mol. The third kappa shape index (κ3) is 12.4. The molecule has 0 bridgehead atoms. The second-order valence-electron chi connectivity index (χ2n) is 10.1. The molecule has 212 valence electrons. The fourth-order valence-corrected chi connectivity index (χ4v) is 4.61. The quantitative estimate of drug-likeness (QED) is 0.101. The number of unbranched alkanes of at least 4 members (excludes halogenated alkanes) is 11. The van der Waals surface area contributed by atoms with Gasteiger partial charge < -0.3 is 40.7 Å². The number of carbonyl (C=O) groups excluding carboxylic acids is 1. The van der Waals surface area contributed by atoms with E-state index in [1.165, 1.54) is 76.9 Å². The Hall–Kier alpha value is -1.07. The van der Waals surface area contributed by atoms with Gasteiger partial charge >= 0.3 is 0 Å². The zero-order chi connectivity index (χ0) is 26.9. The molecule has 1 rings (SSSR count). The molecule has 0 aromatic rings. The fraction of sp³-hybridized carbons (Fsp3) is 0.889. The van der Waals surface area contributed by atoms with Crippen molar-refractivity contribution in [2.24, 2.45) is 0 Å². The van der Waals surface area contributed by atoms with E-state index in [9.17, 15) is 35.4 Å². The Labute approximate surface area is 216 Å². The zero-order valence-corrected chi connectivity index (χ0v) is 22.2. The van der Waals surface area contributed by atoms with E-state index in [2.05, 4.69) is 12.2 Å². The maximum Gasteiger partial charge on any atom is 0.217 e. The van der Waals surface area contributed by atoms with Crippen LogP contribution in [0.4, 0.5) is 0 Å². The molecule has 1 aliphatic rings. The molecule has 1 aliphatic heterocycles. The molecule has 1 saturated heterocycles. The van der Waals surface area contributed by atoms with Gasteiger partial charge in [0.1, 0.15) is 36.6 Å². The number of hydrogen-bond acceptors (Lipinski definition) is 8. The summed E-state index contributed by atoms with van der Waals surface area (Å²) in [5.41, 5.74) is 0. The van der Waals surface area contributed by atoms with Crippen molar-refractivity contribution in [3.8, 4) is 0 Å². The average molecular weight is 518 g/mol. The van der Waals surface area contributed by atoms with Crippen LogP contribution in [0.1, 0.15) is 97.3 Å². The van der Waals surface area contributed by atoms with Gasteiger partial charge in [-0.2, -0.15) is 0 Å². The van der Waals surface area contributed by atoms with Crippen molar-refractivity contribution in [3.63, 3.8) is 0 Å². The lowest BCUT2D eigenvalue weighted by Crippen LogP contribution is -2.58. The lowest BCUT2D eigenvalue weighted by Gasteiger charge is -2.39. The van der Waals surface area contributed by atoms with Gasteiger partial charge in [-0.25, -0.2) is 0 Å². The zero-order valence-electron chi connectivity index (χ0n) is 22.2. The molecule has 0 aromatic carbocycles. The normalized spacial score (nSPS) is 27.2. The van der Waals surface area contributed by atoms with Gasteiger partial charge in [0.2, 0.25) is 5.91 Å². The van der Waals surface area contributed by atoms with Gasteiger partial charge in [-0.05, 0) is 6.42 Å². The van der Waals surface area contributed by atoms with E-state index in [0.717, 1.165) is 19.3 Å². The Kier molecular flexibility index (Phi) is 17.5. The molecular formula is C27H51NO8. The Balaban J connectivity index is 2.41. The third-order valence-corrected chi connectivity index (χ3v) is 6.92. The lowest BCUT2D eigenvalue weighted by atomic mass is 9.93. The summed E-state index contributed by atoms with van der Waals surface area (Å²) in [6.45, 7) is 2.97. The molecule has 2 unspecified atom stereocenters. The third-order valence-electron chi connectivity index (χ3n) is 6.92. The number of nitrogens with one attached hydrogen (secondary N) is 1. The van der Waals surface area contributed by atoms with Crippen molar-refractivity contribution < 1.29 is 40.2 Å². The number of rotatable bonds is 19. The predicted octanol–water partition coefficient (Wildman–Crippen LogP) is 1.70. The first-order valence-electron chi connectivity index (χ1n) is 13.8. The second kappa shape index (κ2) is 19.1. The molecule has 1 heterocycles. The average Bonchev–Trinajstić information content (AvgIpc) is 2.86. The van der Waals surface area contributed by atoms with Crippen LogP contribution in [-0.4, -0.2) is 91.9 Å². The van der Waals surface area contributed by atoms with Crippen LogP contribution < -0.4 is 5.32 Å². The van der Waals surface area contributed by atoms with Crippen LogP contribution in [0.2, 0.25) is 0 Å². The Morgan fingerprint density at radius 2 is 1.39 bits per heavy atom. The van der Waals surface area contributed by atoms with Crippen molar-refractivity contribution in [1.82, 2.24) is 5.32 Å². The van der Waals surface area contributed by atoms with E-state index in [1.807, 2.05) is 0 Å². The molecule has 0 aliphatic carbocycles. The van der Waals surface area contributed by atoms with Crippen molar-refractivity contribution in [3.05, 3.63) is 12.2 Å². The number of hydrogen-bond donors (Lipinski definition) is 7. The highest BCUT2D eigenvalue weighted by Gasteiger charge is 2.42. The summed E-state index contributed by atoms with van der Waals surface area (Å²) in [5, 5.41) is 63.0. The van der Waals surface area contributed by atoms with Crippen LogP contribution >= 0.6 is 0 Å². The van der Waals surface area contributed by atoms with Gasteiger partial charge in [0.15, 0.2) is 0 Å². The molecule has 0 aromatic heterocycles. The van der Waals surface area contributed by atoms with Crippen LogP contribution in [0, 0.1) is 0 Å². The second-order valence-corrected chi connectivity index (χ2v) is 10.1. The summed E-state index contributed by atoms with van der Waals surface area (Å²) >= 11 is 0. The Morgan fingerprint density at radius 3 is 1.89 bits per heavy atom. The van der Waals surface area contributed by atoms with Crippen LogP contribution in [0.25, 0.3) is 0 Å². The lowest BCUT2D eigenvalue weighted by molar-refractivity contribution is -0.216. The van der Waals surface area contributed by atoms with Crippen LogP contribution in [0.3, 0.4) is 0 Å². The van der Waals surface area contributed by atoms with E-state index in [4.69, 9.17) is 4.74 Å². The molecule has 1 amide bonds. The minimum Gasteiger partial charge on any atom is -0.394 e. The summed E-state index contributed by atoms with van der Waals surface area (Å²) in [5.74, 6) is -0.407. The molecule has 36 heavy (non-hydrogen) atoms. The first-order chi connectivity index (χ1) is 17.2. The van der Waals surface area contributed by atoms with Gasteiger partial charge in [-0.3, -0.25) is 4.79 Å². The summed E-state index contributed by atoms with van der Waals surface area (Å²) < 4.78 is 5.42. The van der Waals surface area contributed by atoms with Gasteiger partial charge in [0.25, 0.3) is 0 Å². The molecule has 7 N–H and O–H groups in total.